The minimum absolute atomic E-state index is 0.131. The van der Waals surface area contributed by atoms with Crippen LogP contribution in [0.25, 0.3) is 0 Å². The molecule has 0 radical (unpaired) electrons. The number of carbonyl (C=O) groups excluding carboxylic acids is 1. The second-order valence-electron chi connectivity index (χ2n) is 3.72. The Morgan fingerprint density at radius 3 is 2.55 bits per heavy atom. The highest BCUT2D eigenvalue weighted by atomic mass is 127. The van der Waals surface area contributed by atoms with Crippen LogP contribution in [0.2, 0.25) is 5.15 Å². The molecular formula is C12H7ClIN3O3. The topological polar surface area (TPSA) is 85.1 Å². The Kier molecular flexibility index (Phi) is 4.50. The molecular weight excluding hydrogens is 397 g/mol. The van der Waals surface area contributed by atoms with Crippen LogP contribution in [0.1, 0.15) is 10.4 Å². The SMILES string of the molecule is O=C(Nc1ccc(I)cc1)c1ccnc(Cl)c1[N+](=O)[O-]. The first-order valence-electron chi connectivity index (χ1n) is 5.35. The van der Waals surface area contributed by atoms with Crippen LogP contribution in [0.4, 0.5) is 11.4 Å². The molecule has 0 aliphatic carbocycles. The van der Waals surface area contributed by atoms with Gasteiger partial charge >= 0.3 is 5.69 Å². The summed E-state index contributed by atoms with van der Waals surface area (Å²) in [6.45, 7) is 0. The van der Waals surface area contributed by atoms with Gasteiger partial charge in [-0.25, -0.2) is 4.98 Å². The summed E-state index contributed by atoms with van der Waals surface area (Å²) in [5, 5.41) is 13.2. The van der Waals surface area contributed by atoms with Gasteiger partial charge < -0.3 is 5.32 Å². The fourth-order valence-electron chi connectivity index (χ4n) is 1.52. The summed E-state index contributed by atoms with van der Waals surface area (Å²) in [7, 11) is 0. The first-order chi connectivity index (χ1) is 9.49. The summed E-state index contributed by atoms with van der Waals surface area (Å²) in [4.78, 5) is 25.9. The van der Waals surface area contributed by atoms with Crippen LogP contribution in [0.15, 0.2) is 36.5 Å². The molecule has 0 aliphatic heterocycles. The van der Waals surface area contributed by atoms with E-state index in [1.807, 2.05) is 12.1 Å². The number of benzene rings is 1. The highest BCUT2D eigenvalue weighted by Crippen LogP contribution is 2.26. The molecule has 6 nitrogen and oxygen atoms in total. The molecule has 0 spiro atoms. The molecule has 0 aliphatic rings. The van der Waals surface area contributed by atoms with Crippen LogP contribution in [-0.4, -0.2) is 15.8 Å². The third kappa shape index (κ3) is 3.23. The van der Waals surface area contributed by atoms with Crippen LogP contribution < -0.4 is 5.32 Å². The monoisotopic (exact) mass is 403 g/mol. The Bertz CT molecular complexity index is 676. The normalized spacial score (nSPS) is 10.1. The van der Waals surface area contributed by atoms with Crippen molar-refractivity contribution in [3.63, 3.8) is 0 Å². The maximum absolute atomic E-state index is 12.1. The number of nitrogens with zero attached hydrogens (tertiary/aromatic N) is 2. The number of nitro groups is 1. The van der Waals surface area contributed by atoms with Crippen molar-refractivity contribution in [3.05, 3.63) is 60.9 Å². The first kappa shape index (κ1) is 14.7. The lowest BCUT2D eigenvalue weighted by molar-refractivity contribution is -0.385. The minimum atomic E-state index is -0.724. The molecule has 2 rings (SSSR count). The Morgan fingerprint density at radius 1 is 1.30 bits per heavy atom. The van der Waals surface area contributed by atoms with Crippen LogP contribution in [0, 0.1) is 13.7 Å². The molecule has 8 heteroatoms. The van der Waals surface area contributed by atoms with Gasteiger partial charge in [0.05, 0.1) is 4.92 Å². The van der Waals surface area contributed by atoms with Gasteiger partial charge in [0.15, 0.2) is 0 Å². The maximum atomic E-state index is 12.1. The van der Waals surface area contributed by atoms with Gasteiger partial charge in [0.1, 0.15) is 5.56 Å². The highest BCUT2D eigenvalue weighted by Gasteiger charge is 2.24. The van der Waals surface area contributed by atoms with Crippen LogP contribution in [0.5, 0.6) is 0 Å². The predicted molar refractivity (Wildman–Crippen MR) is 83.0 cm³/mol. The van der Waals surface area contributed by atoms with E-state index in [1.165, 1.54) is 12.3 Å². The van der Waals surface area contributed by atoms with E-state index in [2.05, 4.69) is 32.9 Å². The van der Waals surface area contributed by atoms with Crippen LogP contribution in [-0.2, 0) is 0 Å². The molecule has 0 fully saturated rings. The Balaban J connectivity index is 2.32. The van der Waals surface area contributed by atoms with Crippen molar-refractivity contribution in [2.75, 3.05) is 5.32 Å². The van der Waals surface area contributed by atoms with Crippen molar-refractivity contribution >= 4 is 51.5 Å². The van der Waals surface area contributed by atoms with Gasteiger partial charge in [0.25, 0.3) is 5.91 Å². The summed E-state index contributed by atoms with van der Waals surface area (Å²) in [5.74, 6) is -0.609. The highest BCUT2D eigenvalue weighted by molar-refractivity contribution is 14.1. The lowest BCUT2D eigenvalue weighted by Gasteiger charge is -2.06. The maximum Gasteiger partial charge on any atom is 0.319 e. The predicted octanol–water partition coefficient (Wildman–Crippen LogP) is 3.50. The van der Waals surface area contributed by atoms with Crippen molar-refractivity contribution in [3.8, 4) is 0 Å². The lowest BCUT2D eigenvalue weighted by Crippen LogP contribution is -2.14. The van der Waals surface area contributed by atoms with Gasteiger partial charge in [0, 0.05) is 15.5 Å². The zero-order valence-electron chi connectivity index (χ0n) is 9.84. The second-order valence-corrected chi connectivity index (χ2v) is 5.32. The van der Waals surface area contributed by atoms with Crippen LogP contribution in [0.3, 0.4) is 0 Å². The summed E-state index contributed by atoms with van der Waals surface area (Å²) in [5.41, 5.74) is -0.0941. The molecule has 1 amide bonds. The van der Waals surface area contributed by atoms with E-state index in [0.717, 1.165) is 3.57 Å². The van der Waals surface area contributed by atoms with Crippen molar-refractivity contribution in [2.45, 2.75) is 0 Å². The van der Waals surface area contributed by atoms with E-state index in [1.54, 1.807) is 12.1 Å². The molecule has 0 unspecified atom stereocenters. The number of rotatable bonds is 3. The molecule has 1 N–H and O–H groups in total. The van der Waals surface area contributed by atoms with E-state index >= 15 is 0 Å². The van der Waals surface area contributed by atoms with Gasteiger partial charge in [0.2, 0.25) is 5.15 Å². The molecule has 1 aromatic heterocycles. The molecule has 0 atom stereocenters. The number of anilines is 1. The molecule has 20 heavy (non-hydrogen) atoms. The lowest BCUT2D eigenvalue weighted by atomic mass is 10.2. The van der Waals surface area contributed by atoms with Crippen molar-refractivity contribution < 1.29 is 9.72 Å². The van der Waals surface area contributed by atoms with Gasteiger partial charge in [-0.2, -0.15) is 0 Å². The molecule has 0 bridgehead atoms. The molecule has 1 heterocycles. The zero-order chi connectivity index (χ0) is 14.7. The van der Waals surface area contributed by atoms with Gasteiger partial charge in [-0.05, 0) is 52.9 Å². The van der Waals surface area contributed by atoms with E-state index < -0.39 is 16.5 Å². The number of halogens is 2. The average molecular weight is 404 g/mol. The number of pyridine rings is 1. The van der Waals surface area contributed by atoms with Crippen molar-refractivity contribution in [1.82, 2.24) is 4.98 Å². The average Bonchev–Trinajstić information content (AvgIpc) is 2.40. The first-order valence-corrected chi connectivity index (χ1v) is 6.80. The van der Waals surface area contributed by atoms with Crippen molar-refractivity contribution in [2.24, 2.45) is 0 Å². The van der Waals surface area contributed by atoms with E-state index in [4.69, 9.17) is 11.6 Å². The number of nitrogens with one attached hydrogen (secondary N) is 1. The third-order valence-electron chi connectivity index (χ3n) is 2.41. The number of hydrogen-bond acceptors (Lipinski definition) is 4. The van der Waals surface area contributed by atoms with E-state index in [9.17, 15) is 14.9 Å². The van der Waals surface area contributed by atoms with Gasteiger partial charge in [-0.1, -0.05) is 11.6 Å². The quantitative estimate of drug-likeness (QED) is 0.368. The third-order valence-corrected chi connectivity index (χ3v) is 3.40. The summed E-state index contributed by atoms with van der Waals surface area (Å²) in [6.07, 6.45) is 1.25. The van der Waals surface area contributed by atoms with E-state index in [0.29, 0.717) is 5.69 Å². The smallest absolute Gasteiger partial charge is 0.319 e. The summed E-state index contributed by atoms with van der Waals surface area (Å²) < 4.78 is 1.01. The second kappa shape index (κ2) is 6.14. The fourth-order valence-corrected chi connectivity index (χ4v) is 2.10. The number of aromatic nitrogens is 1. The molecule has 1 aromatic carbocycles. The Hall–Kier alpha value is -1.74. The van der Waals surface area contributed by atoms with E-state index in [-0.39, 0.29) is 10.7 Å². The summed E-state index contributed by atoms with van der Waals surface area (Å²) >= 11 is 7.79. The zero-order valence-corrected chi connectivity index (χ0v) is 12.8. The largest absolute Gasteiger partial charge is 0.322 e. The minimum Gasteiger partial charge on any atom is -0.322 e. The number of hydrogen-bond donors (Lipinski definition) is 1. The standard InChI is InChI=1S/C12H7ClIN3O3/c13-11-10(17(19)20)9(5-6-15-11)12(18)16-8-3-1-7(14)2-4-8/h1-6H,(H,16,18). The van der Waals surface area contributed by atoms with Gasteiger partial charge in [-0.3, -0.25) is 14.9 Å². The summed E-state index contributed by atoms with van der Waals surface area (Å²) in [6, 6.07) is 8.28. The van der Waals surface area contributed by atoms with Gasteiger partial charge in [-0.15, -0.1) is 0 Å². The van der Waals surface area contributed by atoms with Crippen molar-refractivity contribution in [1.29, 1.82) is 0 Å². The van der Waals surface area contributed by atoms with Crippen LogP contribution >= 0.6 is 34.2 Å². The number of amides is 1. The fraction of sp³-hybridized carbons (Fsp3) is 0. The Labute approximate surface area is 132 Å². The molecule has 102 valence electrons. The number of carbonyl (C=O) groups is 1. The molecule has 2 aromatic rings. The Morgan fingerprint density at radius 2 is 1.95 bits per heavy atom. The molecule has 0 saturated carbocycles. The molecule has 0 saturated heterocycles.